The van der Waals surface area contributed by atoms with Crippen molar-refractivity contribution in [2.45, 2.75) is 123 Å². The minimum absolute atomic E-state index is 0.121. The third-order valence-corrected chi connectivity index (χ3v) is 11.5. The lowest BCUT2D eigenvalue weighted by Gasteiger charge is -2.52. The van der Waals surface area contributed by atoms with E-state index in [1.165, 1.54) is 0 Å². The van der Waals surface area contributed by atoms with E-state index in [-0.39, 0.29) is 23.0 Å². The summed E-state index contributed by atoms with van der Waals surface area (Å²) in [5.74, 6) is -2.21. The topological polar surface area (TPSA) is 160 Å². The molecule has 2 bridgehead atoms. The summed E-state index contributed by atoms with van der Waals surface area (Å²) >= 11 is 0. The summed E-state index contributed by atoms with van der Waals surface area (Å²) in [7, 11) is 0. The zero-order valence-electron chi connectivity index (χ0n) is 27.1. The minimum Gasteiger partial charge on any atom is -0.458 e. The highest BCUT2D eigenvalue weighted by Crippen LogP contribution is 2.76. The van der Waals surface area contributed by atoms with E-state index in [0.717, 1.165) is 19.3 Å². The van der Waals surface area contributed by atoms with Crippen LogP contribution < -0.4 is 0 Å². The minimum atomic E-state index is -2.24. The van der Waals surface area contributed by atoms with Gasteiger partial charge in [-0.3, -0.25) is 4.79 Å². The summed E-state index contributed by atoms with van der Waals surface area (Å²) in [5, 5.41) is 51.7. The SMILES string of the molecule is CCCCCC(=O)O[C@@]12C[C@@H](C)[C@]34C=C(C)[C@H](OC(=O)c5c(CC)noc5CC)[C@@]3(O)[C@H](O)C(CO)=C[C@H](C4O)[C@@H]1C2(C)C. The van der Waals surface area contributed by atoms with Crippen LogP contribution in [0.25, 0.3) is 0 Å². The van der Waals surface area contributed by atoms with Crippen LogP contribution in [0.4, 0.5) is 0 Å². The molecule has 0 radical (unpaired) electrons. The molecule has 4 N–H and O–H groups in total. The molecule has 1 spiro atoms. The molecule has 4 aliphatic carbocycles. The van der Waals surface area contributed by atoms with Crippen molar-refractivity contribution in [3.63, 3.8) is 0 Å². The molecule has 244 valence electrons. The van der Waals surface area contributed by atoms with Crippen LogP contribution in [0.15, 0.2) is 27.8 Å². The first-order valence-electron chi connectivity index (χ1n) is 16.2. The number of unbranched alkanes of at least 4 members (excludes halogenated alkanes) is 2. The van der Waals surface area contributed by atoms with Crippen molar-refractivity contribution in [1.82, 2.24) is 5.16 Å². The Labute approximate surface area is 259 Å². The van der Waals surface area contributed by atoms with Crippen LogP contribution in [0, 0.1) is 28.6 Å². The number of aryl methyl sites for hydroxylation is 2. The van der Waals surface area contributed by atoms with Crippen molar-refractivity contribution in [2.75, 3.05) is 6.61 Å². The molecule has 0 amide bonds. The molecule has 10 heteroatoms. The van der Waals surface area contributed by atoms with E-state index in [4.69, 9.17) is 14.0 Å². The van der Waals surface area contributed by atoms with Gasteiger partial charge in [0.25, 0.3) is 0 Å². The first kappa shape index (κ1) is 32.9. The molecule has 1 aromatic rings. The van der Waals surface area contributed by atoms with Crippen molar-refractivity contribution in [2.24, 2.45) is 28.6 Å². The number of fused-ring (bicyclic) bond motifs is 3. The fourth-order valence-corrected chi connectivity index (χ4v) is 9.22. The monoisotopic (exact) mass is 615 g/mol. The summed E-state index contributed by atoms with van der Waals surface area (Å²) in [6, 6.07) is 0. The normalized spacial score (nSPS) is 38.4. The van der Waals surface area contributed by atoms with Gasteiger partial charge in [-0.1, -0.05) is 71.7 Å². The molecule has 2 saturated carbocycles. The van der Waals surface area contributed by atoms with E-state index >= 15 is 0 Å². The molecule has 5 rings (SSSR count). The molecular formula is C34H49NO9. The Morgan fingerprint density at radius 1 is 1.14 bits per heavy atom. The van der Waals surface area contributed by atoms with Crippen LogP contribution in [0.2, 0.25) is 0 Å². The Kier molecular flexibility index (Phi) is 8.49. The number of aromatic nitrogens is 1. The maximum Gasteiger partial charge on any atom is 0.344 e. The van der Waals surface area contributed by atoms with Crippen molar-refractivity contribution >= 4 is 11.9 Å². The Morgan fingerprint density at radius 3 is 2.45 bits per heavy atom. The molecule has 0 saturated heterocycles. The predicted octanol–water partition coefficient (Wildman–Crippen LogP) is 3.83. The third kappa shape index (κ3) is 4.31. The highest BCUT2D eigenvalue weighted by atomic mass is 16.6. The predicted molar refractivity (Wildman–Crippen MR) is 160 cm³/mol. The second kappa shape index (κ2) is 11.4. The number of carbonyl (C=O) groups excluding carboxylic acids is 2. The summed E-state index contributed by atoms with van der Waals surface area (Å²) in [4.78, 5) is 26.9. The fraction of sp³-hybridized carbons (Fsp3) is 0.735. The first-order chi connectivity index (χ1) is 20.7. The number of aliphatic hydroxyl groups is 4. The smallest absolute Gasteiger partial charge is 0.344 e. The van der Waals surface area contributed by atoms with Crippen LogP contribution in [0.1, 0.15) is 102 Å². The van der Waals surface area contributed by atoms with E-state index in [2.05, 4.69) is 12.1 Å². The third-order valence-electron chi connectivity index (χ3n) is 11.5. The van der Waals surface area contributed by atoms with Gasteiger partial charge in [0.15, 0.2) is 11.9 Å². The second-order valence-electron chi connectivity index (χ2n) is 14.0. The zero-order chi connectivity index (χ0) is 32.4. The lowest BCUT2D eigenvalue weighted by molar-refractivity contribution is -0.217. The van der Waals surface area contributed by atoms with E-state index < -0.39 is 64.8 Å². The van der Waals surface area contributed by atoms with Gasteiger partial charge in [0.05, 0.1) is 23.8 Å². The van der Waals surface area contributed by atoms with Crippen LogP contribution in [-0.4, -0.2) is 73.6 Å². The molecule has 1 heterocycles. The first-order valence-corrected chi connectivity index (χ1v) is 16.2. The standard InChI is InChI=1S/C34H49NO9/c1-8-11-12-13-24(37)43-33-16-19(5)32-15-18(4)29(42-30(40)25-22(9-2)35-44-23(25)10-3)34(32,41)27(38)20(17-36)14-21(28(32)39)26(33)31(33,6)7/h14-15,19,21,26-29,36,38-39,41H,8-13,16-17H2,1-7H3/t19-,21+,26-,27-,28?,29+,32+,33+,34+/m1/s1. The Balaban J connectivity index is 1.60. The zero-order valence-corrected chi connectivity index (χ0v) is 27.1. The van der Waals surface area contributed by atoms with Crippen molar-refractivity contribution < 1.29 is 44.0 Å². The molecule has 0 aliphatic heterocycles. The fourth-order valence-electron chi connectivity index (χ4n) is 9.22. The van der Waals surface area contributed by atoms with Gasteiger partial charge >= 0.3 is 11.9 Å². The van der Waals surface area contributed by atoms with Crippen molar-refractivity contribution in [1.29, 1.82) is 0 Å². The van der Waals surface area contributed by atoms with Crippen molar-refractivity contribution in [3.05, 3.63) is 40.3 Å². The van der Waals surface area contributed by atoms with E-state index in [0.29, 0.717) is 42.7 Å². The largest absolute Gasteiger partial charge is 0.458 e. The maximum absolute atomic E-state index is 13.7. The average Bonchev–Trinajstić information content (AvgIpc) is 3.23. The molecule has 1 unspecified atom stereocenters. The second-order valence-corrected chi connectivity index (χ2v) is 14.0. The van der Waals surface area contributed by atoms with Gasteiger partial charge in [-0.15, -0.1) is 0 Å². The Bertz CT molecular complexity index is 1340. The molecular weight excluding hydrogens is 566 g/mol. The number of hydrogen-bond acceptors (Lipinski definition) is 10. The van der Waals surface area contributed by atoms with Gasteiger partial charge < -0.3 is 34.4 Å². The molecule has 10 nitrogen and oxygen atoms in total. The molecule has 1 aromatic heterocycles. The van der Waals surface area contributed by atoms with E-state index in [9.17, 15) is 30.0 Å². The lowest BCUT2D eigenvalue weighted by Crippen LogP contribution is -2.67. The van der Waals surface area contributed by atoms with E-state index in [1.807, 2.05) is 34.6 Å². The molecule has 44 heavy (non-hydrogen) atoms. The summed E-state index contributed by atoms with van der Waals surface area (Å²) in [5.41, 5.74) is -3.96. The molecule has 4 aliphatic rings. The van der Waals surface area contributed by atoms with Gasteiger partial charge in [0.2, 0.25) is 0 Å². The maximum atomic E-state index is 13.7. The number of ether oxygens (including phenoxy) is 2. The van der Waals surface area contributed by atoms with Gasteiger partial charge in [-0.2, -0.15) is 0 Å². The van der Waals surface area contributed by atoms with Crippen molar-refractivity contribution in [3.8, 4) is 0 Å². The number of nitrogens with zero attached hydrogens (tertiary/aromatic N) is 1. The molecule has 0 aromatic carbocycles. The Morgan fingerprint density at radius 2 is 1.84 bits per heavy atom. The quantitative estimate of drug-likeness (QED) is 0.173. The Hall–Kier alpha value is -2.53. The van der Waals surface area contributed by atoms with E-state index in [1.54, 1.807) is 19.1 Å². The van der Waals surface area contributed by atoms with Gasteiger partial charge in [-0.05, 0) is 43.3 Å². The van der Waals surface area contributed by atoms with Gasteiger partial charge in [0, 0.05) is 30.1 Å². The number of aliphatic hydroxyl groups excluding tert-OH is 3. The number of esters is 2. The summed E-state index contributed by atoms with van der Waals surface area (Å²) in [6.45, 7) is 12.8. The summed E-state index contributed by atoms with van der Waals surface area (Å²) in [6.07, 6.45) is 3.20. The average molecular weight is 616 g/mol. The molecule has 2 fully saturated rings. The number of carbonyl (C=O) groups is 2. The van der Waals surface area contributed by atoms with Gasteiger partial charge in [-0.25, -0.2) is 4.79 Å². The summed E-state index contributed by atoms with van der Waals surface area (Å²) < 4.78 is 17.8. The van der Waals surface area contributed by atoms with Crippen LogP contribution >= 0.6 is 0 Å². The lowest BCUT2D eigenvalue weighted by atomic mass is 9.58. The van der Waals surface area contributed by atoms with Crippen LogP contribution in [0.3, 0.4) is 0 Å². The van der Waals surface area contributed by atoms with Crippen LogP contribution in [0.5, 0.6) is 0 Å². The highest BCUT2D eigenvalue weighted by Gasteiger charge is 2.83. The van der Waals surface area contributed by atoms with Crippen LogP contribution in [-0.2, 0) is 27.1 Å². The van der Waals surface area contributed by atoms with Gasteiger partial charge in [0.1, 0.15) is 22.9 Å². The molecule has 9 atom stereocenters. The number of hydrogen-bond donors (Lipinski definition) is 4. The highest BCUT2D eigenvalue weighted by molar-refractivity contribution is 5.92. The number of rotatable bonds is 10.